The number of halogens is 1. The van der Waals surface area contributed by atoms with Crippen molar-refractivity contribution in [2.24, 2.45) is 0 Å². The van der Waals surface area contributed by atoms with Gasteiger partial charge < -0.3 is 15.1 Å². The summed E-state index contributed by atoms with van der Waals surface area (Å²) in [5.74, 6) is 0.0702. The third kappa shape index (κ3) is 4.57. The van der Waals surface area contributed by atoms with Gasteiger partial charge in [-0.25, -0.2) is 0 Å². The van der Waals surface area contributed by atoms with E-state index in [2.05, 4.69) is 10.6 Å². The molecule has 138 valence electrons. The molecule has 5 nitrogen and oxygen atoms in total. The van der Waals surface area contributed by atoms with Crippen LogP contribution in [0, 0.1) is 13.8 Å². The molecule has 2 amide bonds. The summed E-state index contributed by atoms with van der Waals surface area (Å²) in [6.07, 6.45) is 0. The fourth-order valence-electron chi connectivity index (χ4n) is 2.50. The van der Waals surface area contributed by atoms with Crippen molar-refractivity contribution in [2.45, 2.75) is 20.4 Å². The molecule has 0 aliphatic carbocycles. The molecule has 0 bridgehead atoms. The van der Waals surface area contributed by atoms with Gasteiger partial charge in [0, 0.05) is 16.3 Å². The smallest absolute Gasteiger partial charge is 0.291 e. The minimum atomic E-state index is -0.378. The zero-order valence-electron chi connectivity index (χ0n) is 15.0. The molecule has 2 aromatic carbocycles. The third-order valence-electron chi connectivity index (χ3n) is 4.14. The summed E-state index contributed by atoms with van der Waals surface area (Å²) < 4.78 is 5.53. The molecule has 0 atom stereocenters. The summed E-state index contributed by atoms with van der Waals surface area (Å²) in [6, 6.07) is 15.8. The largest absolute Gasteiger partial charge is 0.454 e. The second kappa shape index (κ2) is 8.10. The maximum absolute atomic E-state index is 12.3. The number of rotatable bonds is 5. The molecule has 0 aliphatic rings. The Balaban J connectivity index is 1.60. The van der Waals surface area contributed by atoms with Gasteiger partial charge in [0.05, 0.1) is 6.54 Å². The number of carbonyl (C=O) groups excluding carboxylic acids is 2. The lowest BCUT2D eigenvalue weighted by Gasteiger charge is -2.08. The molecule has 0 saturated heterocycles. The van der Waals surface area contributed by atoms with E-state index in [1.165, 1.54) is 0 Å². The average Bonchev–Trinajstić information content (AvgIpc) is 3.13. The van der Waals surface area contributed by atoms with Crippen molar-refractivity contribution in [3.05, 3.63) is 87.8 Å². The SMILES string of the molecule is Cc1ccc(C(=O)NCc2ccc(C(=O)Nc3cccc(Cl)c3C)o2)cc1. The van der Waals surface area contributed by atoms with Gasteiger partial charge >= 0.3 is 0 Å². The Morgan fingerprint density at radius 1 is 0.963 bits per heavy atom. The first-order chi connectivity index (χ1) is 12.9. The van der Waals surface area contributed by atoms with Crippen LogP contribution in [0.4, 0.5) is 5.69 Å². The van der Waals surface area contributed by atoms with Crippen molar-refractivity contribution >= 4 is 29.1 Å². The summed E-state index contributed by atoms with van der Waals surface area (Å²) in [6.45, 7) is 3.98. The second-order valence-corrected chi connectivity index (χ2v) is 6.59. The highest BCUT2D eigenvalue weighted by Crippen LogP contribution is 2.23. The molecule has 1 heterocycles. The Morgan fingerprint density at radius 3 is 2.44 bits per heavy atom. The van der Waals surface area contributed by atoms with Crippen LogP contribution in [-0.2, 0) is 6.54 Å². The Bertz CT molecular complexity index is 977. The van der Waals surface area contributed by atoms with Crippen LogP contribution in [-0.4, -0.2) is 11.8 Å². The van der Waals surface area contributed by atoms with E-state index in [0.29, 0.717) is 22.0 Å². The Labute approximate surface area is 162 Å². The van der Waals surface area contributed by atoms with Gasteiger partial charge in [-0.1, -0.05) is 35.4 Å². The van der Waals surface area contributed by atoms with Gasteiger partial charge in [0.15, 0.2) is 5.76 Å². The number of aryl methyl sites for hydroxylation is 1. The lowest BCUT2D eigenvalue weighted by atomic mass is 10.1. The molecule has 0 aliphatic heterocycles. The summed E-state index contributed by atoms with van der Waals surface area (Å²) in [5.41, 5.74) is 3.06. The fraction of sp³-hybridized carbons (Fsp3) is 0.143. The van der Waals surface area contributed by atoms with Crippen molar-refractivity contribution in [3.8, 4) is 0 Å². The predicted octanol–water partition coefficient (Wildman–Crippen LogP) is 4.73. The summed E-state index contributed by atoms with van der Waals surface area (Å²) in [7, 11) is 0. The molecule has 2 N–H and O–H groups in total. The molecule has 0 radical (unpaired) electrons. The average molecular weight is 383 g/mol. The van der Waals surface area contributed by atoms with Crippen LogP contribution in [0.5, 0.6) is 0 Å². The molecule has 1 aromatic heterocycles. The molecule has 0 fully saturated rings. The Kier molecular flexibility index (Phi) is 5.62. The maximum atomic E-state index is 12.3. The van der Waals surface area contributed by atoms with Gasteiger partial charge in [-0.2, -0.15) is 0 Å². The first-order valence-corrected chi connectivity index (χ1v) is 8.82. The predicted molar refractivity (Wildman–Crippen MR) is 105 cm³/mol. The van der Waals surface area contributed by atoms with E-state index in [0.717, 1.165) is 11.1 Å². The Hall–Kier alpha value is -3.05. The van der Waals surface area contributed by atoms with E-state index in [1.54, 1.807) is 42.5 Å². The summed E-state index contributed by atoms with van der Waals surface area (Å²) >= 11 is 6.06. The second-order valence-electron chi connectivity index (χ2n) is 6.18. The molecular weight excluding hydrogens is 364 g/mol. The molecule has 0 saturated carbocycles. The number of hydrogen-bond donors (Lipinski definition) is 2. The molecule has 3 aromatic rings. The van der Waals surface area contributed by atoms with E-state index in [1.807, 2.05) is 26.0 Å². The number of furan rings is 1. The highest BCUT2D eigenvalue weighted by molar-refractivity contribution is 6.31. The maximum Gasteiger partial charge on any atom is 0.291 e. The van der Waals surface area contributed by atoms with Crippen molar-refractivity contribution in [1.82, 2.24) is 5.32 Å². The van der Waals surface area contributed by atoms with Crippen LogP contribution in [0.25, 0.3) is 0 Å². The van der Waals surface area contributed by atoms with Crippen LogP contribution < -0.4 is 10.6 Å². The van der Waals surface area contributed by atoms with Gasteiger partial charge in [-0.05, 0) is 55.8 Å². The van der Waals surface area contributed by atoms with E-state index in [4.69, 9.17) is 16.0 Å². The highest BCUT2D eigenvalue weighted by atomic mass is 35.5. The first kappa shape index (κ1) is 18.7. The normalized spacial score (nSPS) is 10.5. The standard InChI is InChI=1S/C21H19ClN2O3/c1-13-6-8-15(9-7-13)20(25)23-12-16-10-11-19(27-16)21(26)24-18-5-3-4-17(22)14(18)2/h3-11H,12H2,1-2H3,(H,23,25)(H,24,26). The number of amides is 2. The van der Waals surface area contributed by atoms with Crippen molar-refractivity contribution in [1.29, 1.82) is 0 Å². The molecule has 27 heavy (non-hydrogen) atoms. The van der Waals surface area contributed by atoms with E-state index in [9.17, 15) is 9.59 Å². The summed E-state index contributed by atoms with van der Waals surface area (Å²) in [5, 5.41) is 6.12. The zero-order valence-corrected chi connectivity index (χ0v) is 15.8. The van der Waals surface area contributed by atoms with Gasteiger partial charge in [-0.15, -0.1) is 0 Å². The van der Waals surface area contributed by atoms with E-state index < -0.39 is 0 Å². The zero-order chi connectivity index (χ0) is 19.4. The van der Waals surface area contributed by atoms with Crippen molar-refractivity contribution in [3.63, 3.8) is 0 Å². The topological polar surface area (TPSA) is 71.3 Å². The molecular formula is C21H19ClN2O3. The number of nitrogens with one attached hydrogen (secondary N) is 2. The molecule has 3 rings (SSSR count). The van der Waals surface area contributed by atoms with Crippen LogP contribution in [0.1, 0.15) is 37.8 Å². The van der Waals surface area contributed by atoms with Crippen molar-refractivity contribution in [2.75, 3.05) is 5.32 Å². The fourth-order valence-corrected chi connectivity index (χ4v) is 2.67. The van der Waals surface area contributed by atoms with E-state index >= 15 is 0 Å². The van der Waals surface area contributed by atoms with Crippen LogP contribution in [0.2, 0.25) is 5.02 Å². The lowest BCUT2D eigenvalue weighted by molar-refractivity contribution is 0.0948. The highest BCUT2D eigenvalue weighted by Gasteiger charge is 2.14. The summed E-state index contributed by atoms with van der Waals surface area (Å²) in [4.78, 5) is 24.5. The molecule has 0 spiro atoms. The van der Waals surface area contributed by atoms with Gasteiger partial charge in [-0.3, -0.25) is 9.59 Å². The number of carbonyl (C=O) groups is 2. The van der Waals surface area contributed by atoms with Gasteiger partial charge in [0.25, 0.3) is 11.8 Å². The van der Waals surface area contributed by atoms with Crippen LogP contribution in [0.3, 0.4) is 0 Å². The Morgan fingerprint density at radius 2 is 1.70 bits per heavy atom. The molecule has 6 heteroatoms. The quantitative estimate of drug-likeness (QED) is 0.670. The third-order valence-corrected chi connectivity index (χ3v) is 4.55. The number of benzene rings is 2. The van der Waals surface area contributed by atoms with Gasteiger partial charge in [0.1, 0.15) is 5.76 Å². The lowest BCUT2D eigenvalue weighted by Crippen LogP contribution is -2.22. The monoisotopic (exact) mass is 382 g/mol. The van der Waals surface area contributed by atoms with Crippen LogP contribution in [0.15, 0.2) is 59.0 Å². The van der Waals surface area contributed by atoms with Crippen molar-refractivity contribution < 1.29 is 14.0 Å². The van der Waals surface area contributed by atoms with Gasteiger partial charge in [0.2, 0.25) is 0 Å². The minimum Gasteiger partial charge on any atom is -0.454 e. The molecule has 0 unspecified atom stereocenters. The number of anilines is 1. The minimum absolute atomic E-state index is 0.161. The first-order valence-electron chi connectivity index (χ1n) is 8.44. The number of hydrogen-bond acceptors (Lipinski definition) is 3. The van der Waals surface area contributed by atoms with Crippen LogP contribution >= 0.6 is 11.6 Å². The van der Waals surface area contributed by atoms with E-state index in [-0.39, 0.29) is 24.1 Å².